The molecule has 1 aromatic rings. The Balaban J connectivity index is 2.05. The van der Waals surface area contributed by atoms with Crippen LogP contribution in [-0.2, 0) is 20.5 Å². The molecule has 2 heterocycles. The third-order valence-corrected chi connectivity index (χ3v) is 3.00. The lowest BCUT2D eigenvalue weighted by atomic mass is 9.80. The normalized spacial score (nSPS) is 17.9. The lowest BCUT2D eigenvalue weighted by Crippen LogP contribution is -2.34. The fraction of sp³-hybridized carbons (Fsp3) is 0.462. The van der Waals surface area contributed by atoms with Crippen molar-refractivity contribution >= 4 is 12.6 Å². The summed E-state index contributed by atoms with van der Waals surface area (Å²) in [5.74, 6) is 0.649. The summed E-state index contributed by atoms with van der Waals surface area (Å²) >= 11 is 0. The maximum Gasteiger partial charge on any atom is 0.564 e. The Morgan fingerprint density at radius 3 is 2.72 bits per heavy atom. The molecule has 1 aliphatic rings. The van der Waals surface area contributed by atoms with Crippen LogP contribution >= 0.6 is 0 Å². The maximum absolute atomic E-state index is 5.78. The van der Waals surface area contributed by atoms with E-state index in [4.69, 9.17) is 14.0 Å². The first-order valence-electron chi connectivity index (χ1n) is 6.00. The zero-order valence-electron chi connectivity index (χ0n) is 11.1. The molecule has 4 nitrogen and oxygen atoms in total. The molecule has 0 amide bonds. The third-order valence-electron chi connectivity index (χ3n) is 3.00. The van der Waals surface area contributed by atoms with Crippen LogP contribution in [0.5, 0.6) is 0 Å². The van der Waals surface area contributed by atoms with Gasteiger partial charge in [-0.05, 0) is 19.9 Å². The van der Waals surface area contributed by atoms with E-state index in [9.17, 15) is 0 Å². The molecule has 2 rings (SSSR count). The molecule has 18 heavy (non-hydrogen) atoms. The van der Waals surface area contributed by atoms with E-state index in [0.717, 1.165) is 17.6 Å². The second kappa shape index (κ2) is 5.12. The summed E-state index contributed by atoms with van der Waals surface area (Å²) in [5, 5.41) is 0. The first-order valence-corrected chi connectivity index (χ1v) is 6.00. The fourth-order valence-corrected chi connectivity index (χ4v) is 1.69. The van der Waals surface area contributed by atoms with Crippen LogP contribution in [0.3, 0.4) is 0 Å². The highest BCUT2D eigenvalue weighted by Crippen LogP contribution is 2.28. The summed E-state index contributed by atoms with van der Waals surface area (Å²) in [6.45, 7) is 8.41. The molecule has 0 atom stereocenters. The molecule has 1 aromatic heterocycles. The summed E-state index contributed by atoms with van der Waals surface area (Å²) in [6.07, 6.45) is 2.59. The van der Waals surface area contributed by atoms with Crippen LogP contribution in [-0.4, -0.2) is 31.4 Å². The van der Waals surface area contributed by atoms with Crippen molar-refractivity contribution in [3.8, 4) is 0 Å². The number of hydrogen-bond donors (Lipinski definition) is 0. The molecule has 0 radical (unpaired) electrons. The van der Waals surface area contributed by atoms with Crippen molar-refractivity contribution in [2.45, 2.75) is 25.9 Å². The number of rotatable bonds is 4. The van der Waals surface area contributed by atoms with Crippen molar-refractivity contribution in [1.82, 2.24) is 4.98 Å². The first-order chi connectivity index (χ1) is 8.53. The average Bonchev–Trinajstić information content (AvgIpc) is 2.62. The monoisotopic (exact) mass is 247 g/mol. The molecule has 0 aliphatic carbocycles. The molecule has 0 spiro atoms. The van der Waals surface area contributed by atoms with Crippen molar-refractivity contribution in [3.05, 3.63) is 36.4 Å². The van der Waals surface area contributed by atoms with Gasteiger partial charge in [0.25, 0.3) is 0 Å². The number of ether oxygens (including phenoxy) is 1. The van der Waals surface area contributed by atoms with Gasteiger partial charge in [-0.15, -0.1) is 0 Å². The Morgan fingerprint density at radius 2 is 2.22 bits per heavy atom. The molecule has 96 valence electrons. The Morgan fingerprint density at radius 1 is 1.44 bits per heavy atom. The number of aromatic nitrogens is 1. The Labute approximate surface area is 108 Å². The van der Waals surface area contributed by atoms with Gasteiger partial charge in [0, 0.05) is 30.9 Å². The minimum Gasteiger partial charge on any atom is -0.534 e. The Kier molecular flexibility index (Phi) is 3.73. The molecule has 0 saturated carbocycles. The minimum absolute atomic E-state index is 0.406. The molecule has 0 unspecified atom stereocenters. The van der Waals surface area contributed by atoms with Gasteiger partial charge in [-0.1, -0.05) is 12.6 Å². The molecule has 1 fully saturated rings. The lowest BCUT2D eigenvalue weighted by molar-refractivity contribution is 0.173. The van der Waals surface area contributed by atoms with E-state index in [0.29, 0.717) is 12.4 Å². The number of methoxy groups -OCH3 is 1. The third kappa shape index (κ3) is 2.74. The van der Waals surface area contributed by atoms with Crippen molar-refractivity contribution in [2.75, 3.05) is 13.7 Å². The maximum atomic E-state index is 5.78. The second-order valence-electron chi connectivity index (χ2n) is 4.83. The van der Waals surface area contributed by atoms with Gasteiger partial charge in [0.05, 0.1) is 12.4 Å². The molecule has 0 bridgehead atoms. The topological polar surface area (TPSA) is 40.6 Å². The smallest absolute Gasteiger partial charge is 0.534 e. The fourth-order valence-electron chi connectivity index (χ4n) is 1.69. The van der Waals surface area contributed by atoms with Gasteiger partial charge >= 0.3 is 7.12 Å². The Bertz CT molecular complexity index is 430. The Hall–Kier alpha value is -1.33. The largest absolute Gasteiger partial charge is 0.564 e. The van der Waals surface area contributed by atoms with Gasteiger partial charge in [-0.3, -0.25) is 4.98 Å². The van der Waals surface area contributed by atoms with E-state index in [2.05, 4.69) is 11.6 Å². The predicted molar refractivity (Wildman–Crippen MR) is 70.6 cm³/mol. The van der Waals surface area contributed by atoms with E-state index in [1.54, 1.807) is 13.3 Å². The summed E-state index contributed by atoms with van der Waals surface area (Å²) in [6, 6.07) is 3.94. The van der Waals surface area contributed by atoms with Crippen LogP contribution in [0.4, 0.5) is 0 Å². The van der Waals surface area contributed by atoms with Crippen molar-refractivity contribution in [3.63, 3.8) is 0 Å². The number of pyridine rings is 1. The van der Waals surface area contributed by atoms with E-state index < -0.39 is 12.7 Å². The molecule has 0 aromatic carbocycles. The van der Waals surface area contributed by atoms with Crippen LogP contribution in [0, 0.1) is 0 Å². The van der Waals surface area contributed by atoms with Crippen LogP contribution in [0.2, 0.25) is 0 Å². The van der Waals surface area contributed by atoms with Crippen LogP contribution in [0.15, 0.2) is 30.7 Å². The molecule has 0 N–H and O–H groups in total. The SMILES string of the molecule is C=C1OB(c2ccc(CCOC)nc2)OC1(C)C. The quantitative estimate of drug-likeness (QED) is 0.752. The number of nitrogens with zero attached hydrogens (tertiary/aromatic N) is 1. The summed E-state index contributed by atoms with van der Waals surface area (Å²) in [4.78, 5) is 4.36. The molecule has 1 saturated heterocycles. The van der Waals surface area contributed by atoms with Gasteiger partial charge in [-0.2, -0.15) is 0 Å². The minimum atomic E-state index is -0.445. The summed E-state index contributed by atoms with van der Waals surface area (Å²) in [5.41, 5.74) is 1.46. The highest BCUT2D eigenvalue weighted by molar-refractivity contribution is 6.62. The van der Waals surface area contributed by atoms with Gasteiger partial charge in [0.1, 0.15) is 5.60 Å². The van der Waals surface area contributed by atoms with Crippen molar-refractivity contribution < 1.29 is 14.0 Å². The van der Waals surface area contributed by atoms with E-state index in [1.807, 2.05) is 26.0 Å². The highest BCUT2D eigenvalue weighted by Gasteiger charge is 2.42. The second-order valence-corrected chi connectivity index (χ2v) is 4.83. The summed E-state index contributed by atoms with van der Waals surface area (Å²) in [7, 11) is 1.28. The van der Waals surface area contributed by atoms with Gasteiger partial charge in [-0.25, -0.2) is 0 Å². The molecule has 5 heteroatoms. The van der Waals surface area contributed by atoms with Crippen molar-refractivity contribution in [1.29, 1.82) is 0 Å². The molecular weight excluding hydrogens is 229 g/mol. The lowest BCUT2D eigenvalue weighted by Gasteiger charge is -2.15. The highest BCUT2D eigenvalue weighted by atomic mass is 16.7. The first kappa shape index (κ1) is 13.1. The van der Waals surface area contributed by atoms with Crippen LogP contribution in [0.25, 0.3) is 0 Å². The van der Waals surface area contributed by atoms with Gasteiger partial charge in [0.2, 0.25) is 0 Å². The molecular formula is C13H18BNO3. The van der Waals surface area contributed by atoms with E-state index >= 15 is 0 Å². The van der Waals surface area contributed by atoms with Crippen LogP contribution < -0.4 is 5.46 Å². The van der Waals surface area contributed by atoms with Gasteiger partial charge in [0.15, 0.2) is 0 Å². The number of hydrogen-bond acceptors (Lipinski definition) is 4. The predicted octanol–water partition coefficient (Wildman–Crippen LogP) is 1.30. The van der Waals surface area contributed by atoms with Gasteiger partial charge < -0.3 is 14.0 Å². The molecule has 1 aliphatic heterocycles. The summed E-state index contributed by atoms with van der Waals surface area (Å²) < 4.78 is 16.4. The average molecular weight is 247 g/mol. The van der Waals surface area contributed by atoms with E-state index in [-0.39, 0.29) is 0 Å². The standard InChI is InChI=1S/C13H18BNO3/c1-10-13(2,3)18-14(17-10)11-5-6-12(15-9-11)7-8-16-4/h5-6,9H,1,7-8H2,2-4H3. The van der Waals surface area contributed by atoms with E-state index in [1.165, 1.54) is 0 Å². The zero-order valence-corrected chi connectivity index (χ0v) is 11.1. The van der Waals surface area contributed by atoms with Crippen LogP contribution in [0.1, 0.15) is 19.5 Å². The van der Waals surface area contributed by atoms with Crippen molar-refractivity contribution in [2.24, 2.45) is 0 Å². The zero-order chi connectivity index (χ0) is 13.2.